The van der Waals surface area contributed by atoms with Gasteiger partial charge in [-0.25, -0.2) is 4.39 Å². The van der Waals surface area contributed by atoms with Crippen molar-refractivity contribution in [3.8, 4) is 5.75 Å². The second-order valence-corrected chi connectivity index (χ2v) is 4.35. The van der Waals surface area contributed by atoms with Crippen molar-refractivity contribution in [3.63, 3.8) is 0 Å². The molecule has 0 radical (unpaired) electrons. The Kier molecular flexibility index (Phi) is 5.88. The Bertz CT molecular complexity index is 394. The number of carbonyl (C=O) groups is 1. The summed E-state index contributed by atoms with van der Waals surface area (Å²) in [6.07, 6.45) is 0.496. The molecule has 1 atom stereocenters. The highest BCUT2D eigenvalue weighted by atomic mass is 35.5. The Morgan fingerprint density at radius 2 is 2.33 bits per heavy atom. The van der Waals surface area contributed by atoms with Gasteiger partial charge in [0.05, 0.1) is 12.0 Å². The van der Waals surface area contributed by atoms with Crippen molar-refractivity contribution in [1.82, 2.24) is 5.32 Å². The molecule has 0 saturated heterocycles. The van der Waals surface area contributed by atoms with Crippen LogP contribution in [0.25, 0.3) is 0 Å². The molecule has 1 unspecified atom stereocenters. The number of aromatic hydroxyl groups is 1. The van der Waals surface area contributed by atoms with E-state index < -0.39 is 11.7 Å². The fourth-order valence-electron chi connectivity index (χ4n) is 1.43. The van der Waals surface area contributed by atoms with Gasteiger partial charge in [0.1, 0.15) is 17.1 Å². The minimum Gasteiger partial charge on any atom is -0.507 e. The predicted octanol–water partition coefficient (Wildman–Crippen LogP) is 1.90. The molecule has 0 spiro atoms. The maximum atomic E-state index is 13.3. The quantitative estimate of drug-likeness (QED) is 0.780. The lowest BCUT2D eigenvalue weighted by Gasteiger charge is -2.10. The van der Waals surface area contributed by atoms with Crippen LogP contribution in [0.5, 0.6) is 5.75 Å². The van der Waals surface area contributed by atoms with E-state index in [0.717, 1.165) is 6.07 Å². The summed E-state index contributed by atoms with van der Waals surface area (Å²) < 4.78 is 18.2. The lowest BCUT2D eigenvalue weighted by molar-refractivity contribution is 0.0945. The molecule has 0 bridgehead atoms. The summed E-state index contributed by atoms with van der Waals surface area (Å²) in [5.74, 6) is -1.80. The standard InChI is InChI=1S/C12H15ClFNO3/c1-18-7-8(13)5-6-15-12(17)11-9(14)3-2-4-10(11)16/h2-4,8,16H,5-7H2,1H3,(H,15,17). The van der Waals surface area contributed by atoms with Crippen molar-refractivity contribution in [2.24, 2.45) is 0 Å². The van der Waals surface area contributed by atoms with E-state index >= 15 is 0 Å². The molecule has 0 saturated carbocycles. The summed E-state index contributed by atoms with van der Waals surface area (Å²) >= 11 is 5.87. The molecule has 1 aromatic carbocycles. The van der Waals surface area contributed by atoms with Gasteiger partial charge in [-0.1, -0.05) is 6.07 Å². The maximum absolute atomic E-state index is 13.3. The number of phenolic OH excluding ortho intramolecular Hbond substituents is 1. The first-order valence-corrected chi connectivity index (χ1v) is 5.88. The van der Waals surface area contributed by atoms with Crippen molar-refractivity contribution in [3.05, 3.63) is 29.6 Å². The third-order valence-electron chi connectivity index (χ3n) is 2.31. The van der Waals surface area contributed by atoms with Crippen LogP contribution in [0.2, 0.25) is 0 Å². The fourth-order valence-corrected chi connectivity index (χ4v) is 1.67. The summed E-state index contributed by atoms with van der Waals surface area (Å²) in [7, 11) is 1.53. The summed E-state index contributed by atoms with van der Waals surface area (Å²) in [4.78, 5) is 11.6. The average Bonchev–Trinajstić information content (AvgIpc) is 2.29. The highest BCUT2D eigenvalue weighted by molar-refractivity contribution is 6.20. The van der Waals surface area contributed by atoms with Gasteiger partial charge in [0.15, 0.2) is 0 Å². The van der Waals surface area contributed by atoms with E-state index in [2.05, 4.69) is 5.32 Å². The Labute approximate surface area is 110 Å². The number of benzene rings is 1. The van der Waals surface area contributed by atoms with Gasteiger partial charge in [0, 0.05) is 13.7 Å². The first kappa shape index (κ1) is 14.7. The number of carbonyl (C=O) groups excluding carboxylic acids is 1. The third kappa shape index (κ3) is 4.16. The normalized spacial score (nSPS) is 12.2. The Hall–Kier alpha value is -1.33. The second-order valence-electron chi connectivity index (χ2n) is 3.73. The molecule has 0 aliphatic carbocycles. The van der Waals surface area contributed by atoms with E-state index in [4.69, 9.17) is 16.3 Å². The average molecular weight is 276 g/mol. The fraction of sp³-hybridized carbons (Fsp3) is 0.417. The molecule has 0 heterocycles. The molecule has 4 nitrogen and oxygen atoms in total. The van der Waals surface area contributed by atoms with Gasteiger partial charge in [0.2, 0.25) is 0 Å². The zero-order valence-corrected chi connectivity index (χ0v) is 10.7. The number of methoxy groups -OCH3 is 1. The minimum absolute atomic E-state index is 0.218. The van der Waals surface area contributed by atoms with Crippen molar-refractivity contribution in [2.75, 3.05) is 20.3 Å². The van der Waals surface area contributed by atoms with Crippen LogP contribution in [0.1, 0.15) is 16.8 Å². The smallest absolute Gasteiger partial charge is 0.258 e. The molecular formula is C12H15ClFNO3. The van der Waals surface area contributed by atoms with Crippen molar-refractivity contribution in [2.45, 2.75) is 11.8 Å². The molecule has 0 aliphatic heterocycles. The monoisotopic (exact) mass is 275 g/mol. The highest BCUT2D eigenvalue weighted by Gasteiger charge is 2.16. The number of rotatable bonds is 6. The number of nitrogens with one attached hydrogen (secondary N) is 1. The van der Waals surface area contributed by atoms with E-state index in [-0.39, 0.29) is 23.2 Å². The molecule has 100 valence electrons. The van der Waals surface area contributed by atoms with Gasteiger partial charge in [-0.3, -0.25) is 4.79 Å². The van der Waals surface area contributed by atoms with Crippen molar-refractivity contribution >= 4 is 17.5 Å². The minimum atomic E-state index is -0.758. The second kappa shape index (κ2) is 7.18. The van der Waals surface area contributed by atoms with Gasteiger partial charge in [-0.05, 0) is 18.6 Å². The van der Waals surface area contributed by atoms with Crippen molar-refractivity contribution in [1.29, 1.82) is 0 Å². The van der Waals surface area contributed by atoms with E-state index in [1.807, 2.05) is 0 Å². The molecule has 2 N–H and O–H groups in total. The molecule has 0 aliphatic rings. The number of alkyl halides is 1. The number of halogens is 2. The summed E-state index contributed by atoms with van der Waals surface area (Å²) in [5, 5.41) is 11.7. The maximum Gasteiger partial charge on any atom is 0.258 e. The molecule has 1 amide bonds. The molecule has 0 aromatic heterocycles. The lowest BCUT2D eigenvalue weighted by atomic mass is 10.1. The number of ether oxygens (including phenoxy) is 1. The first-order valence-electron chi connectivity index (χ1n) is 5.45. The van der Waals surface area contributed by atoms with E-state index in [1.54, 1.807) is 0 Å². The van der Waals surface area contributed by atoms with Crippen LogP contribution in [0, 0.1) is 5.82 Å². The summed E-state index contributed by atoms with van der Waals surface area (Å²) in [5.41, 5.74) is -0.352. The number of phenols is 1. The van der Waals surface area contributed by atoms with E-state index in [1.165, 1.54) is 19.2 Å². The summed E-state index contributed by atoms with van der Waals surface area (Å²) in [6.45, 7) is 0.659. The van der Waals surface area contributed by atoms with Gasteiger partial charge >= 0.3 is 0 Å². The molecule has 18 heavy (non-hydrogen) atoms. The number of hydrogen-bond donors (Lipinski definition) is 2. The SMILES string of the molecule is COCC(Cl)CCNC(=O)c1c(O)cccc1F. The Morgan fingerprint density at radius 3 is 2.94 bits per heavy atom. The topological polar surface area (TPSA) is 58.6 Å². The molecule has 1 aromatic rings. The zero-order valence-electron chi connectivity index (χ0n) is 9.95. The van der Waals surface area contributed by atoms with Gasteiger partial charge in [0.25, 0.3) is 5.91 Å². The van der Waals surface area contributed by atoms with Gasteiger partial charge in [-0.2, -0.15) is 0 Å². The first-order chi connectivity index (χ1) is 8.56. The van der Waals surface area contributed by atoms with Crippen LogP contribution in [0.3, 0.4) is 0 Å². The van der Waals surface area contributed by atoms with Gasteiger partial charge < -0.3 is 15.2 Å². The predicted molar refractivity (Wildman–Crippen MR) is 66.5 cm³/mol. The van der Waals surface area contributed by atoms with E-state index in [0.29, 0.717) is 13.0 Å². The van der Waals surface area contributed by atoms with E-state index in [9.17, 15) is 14.3 Å². The van der Waals surface area contributed by atoms with Crippen molar-refractivity contribution < 1.29 is 19.0 Å². The van der Waals surface area contributed by atoms with Crippen LogP contribution in [0.15, 0.2) is 18.2 Å². The van der Waals surface area contributed by atoms with Crippen LogP contribution in [-0.4, -0.2) is 36.7 Å². The Morgan fingerprint density at radius 1 is 1.61 bits per heavy atom. The zero-order chi connectivity index (χ0) is 13.5. The van der Waals surface area contributed by atoms with Gasteiger partial charge in [-0.15, -0.1) is 11.6 Å². The van der Waals surface area contributed by atoms with Crippen LogP contribution >= 0.6 is 11.6 Å². The lowest BCUT2D eigenvalue weighted by Crippen LogP contribution is -2.27. The van der Waals surface area contributed by atoms with Crippen LogP contribution in [0.4, 0.5) is 4.39 Å². The molecular weight excluding hydrogens is 261 g/mol. The van der Waals surface area contributed by atoms with Crippen LogP contribution < -0.4 is 5.32 Å². The number of amides is 1. The third-order valence-corrected chi connectivity index (χ3v) is 2.65. The largest absolute Gasteiger partial charge is 0.507 e. The number of hydrogen-bond acceptors (Lipinski definition) is 3. The molecule has 1 rings (SSSR count). The molecule has 6 heteroatoms. The van der Waals surface area contributed by atoms with Crippen LogP contribution in [-0.2, 0) is 4.74 Å². The highest BCUT2D eigenvalue weighted by Crippen LogP contribution is 2.19. The molecule has 0 fully saturated rings. The summed E-state index contributed by atoms with van der Waals surface area (Å²) in [6, 6.07) is 3.70. The Balaban J connectivity index is 2.51.